The fraction of sp³-hybridized carbons (Fsp3) is 0.174. The Hall–Kier alpha value is -3.12. The standard InChI is InChI=1S/C23H21N3O2S/c1-3-26-22(28)19-10-6-7-11-20(19)25-23(26)29-15(2)21(27)24-18-13-12-16-8-4-5-9-17(16)14-18/h4-15H,3H2,1-2H3,(H,24,27)/t15-/m1/s1. The molecule has 0 aliphatic rings. The van der Waals surface area contributed by atoms with Gasteiger partial charge in [-0.3, -0.25) is 14.2 Å². The maximum atomic E-state index is 12.8. The molecule has 0 aliphatic carbocycles. The maximum Gasteiger partial charge on any atom is 0.262 e. The molecule has 4 rings (SSSR count). The Morgan fingerprint density at radius 1 is 1.07 bits per heavy atom. The second kappa shape index (κ2) is 8.09. The first kappa shape index (κ1) is 19.2. The lowest BCUT2D eigenvalue weighted by Gasteiger charge is -2.15. The molecule has 29 heavy (non-hydrogen) atoms. The van der Waals surface area contributed by atoms with Crippen molar-refractivity contribution in [2.45, 2.75) is 30.8 Å². The molecule has 0 fully saturated rings. The number of aromatic nitrogens is 2. The minimum Gasteiger partial charge on any atom is -0.325 e. The predicted octanol–water partition coefficient (Wildman–Crippen LogP) is 4.69. The summed E-state index contributed by atoms with van der Waals surface area (Å²) in [5.74, 6) is -0.129. The molecule has 1 aromatic heterocycles. The number of carbonyl (C=O) groups excluding carboxylic acids is 1. The third-order valence-electron chi connectivity index (χ3n) is 4.81. The molecule has 5 nitrogen and oxygen atoms in total. The van der Waals surface area contributed by atoms with E-state index < -0.39 is 5.25 Å². The number of fused-ring (bicyclic) bond motifs is 2. The number of amides is 1. The van der Waals surface area contributed by atoms with Crippen LogP contribution in [0.1, 0.15) is 13.8 Å². The molecule has 3 aromatic carbocycles. The zero-order valence-corrected chi connectivity index (χ0v) is 17.1. The number of nitrogens with zero attached hydrogens (tertiary/aromatic N) is 2. The number of benzene rings is 3. The predicted molar refractivity (Wildman–Crippen MR) is 120 cm³/mol. The van der Waals surface area contributed by atoms with E-state index in [4.69, 9.17) is 0 Å². The van der Waals surface area contributed by atoms with Gasteiger partial charge in [-0.1, -0.05) is 54.2 Å². The lowest BCUT2D eigenvalue weighted by Crippen LogP contribution is -2.26. The molecule has 1 heterocycles. The van der Waals surface area contributed by atoms with Gasteiger partial charge in [0.25, 0.3) is 5.56 Å². The van der Waals surface area contributed by atoms with E-state index >= 15 is 0 Å². The van der Waals surface area contributed by atoms with Crippen LogP contribution in [0.2, 0.25) is 0 Å². The average Bonchev–Trinajstić information content (AvgIpc) is 2.74. The molecule has 0 aliphatic heterocycles. The molecule has 0 unspecified atom stereocenters. The molecular weight excluding hydrogens is 382 g/mol. The third-order valence-corrected chi connectivity index (χ3v) is 5.90. The highest BCUT2D eigenvalue weighted by Crippen LogP contribution is 2.24. The van der Waals surface area contributed by atoms with E-state index in [2.05, 4.69) is 10.3 Å². The van der Waals surface area contributed by atoms with Crippen LogP contribution >= 0.6 is 11.8 Å². The van der Waals surface area contributed by atoms with Crippen molar-refractivity contribution in [3.63, 3.8) is 0 Å². The second-order valence-corrected chi connectivity index (χ2v) is 8.08. The van der Waals surface area contributed by atoms with Gasteiger partial charge in [-0.25, -0.2) is 4.98 Å². The van der Waals surface area contributed by atoms with E-state index in [1.54, 1.807) is 10.6 Å². The Bertz CT molecular complexity index is 1270. The lowest BCUT2D eigenvalue weighted by molar-refractivity contribution is -0.115. The van der Waals surface area contributed by atoms with Gasteiger partial charge in [0, 0.05) is 12.2 Å². The highest BCUT2D eigenvalue weighted by atomic mass is 32.2. The Balaban J connectivity index is 1.57. The number of para-hydroxylation sites is 1. The Morgan fingerprint density at radius 3 is 2.59 bits per heavy atom. The van der Waals surface area contributed by atoms with Crippen molar-refractivity contribution in [2.75, 3.05) is 5.32 Å². The Morgan fingerprint density at radius 2 is 1.79 bits per heavy atom. The van der Waals surface area contributed by atoms with Gasteiger partial charge in [0.1, 0.15) is 0 Å². The molecule has 1 N–H and O–H groups in total. The van der Waals surface area contributed by atoms with E-state index in [9.17, 15) is 9.59 Å². The zero-order chi connectivity index (χ0) is 20.4. The van der Waals surface area contributed by atoms with Gasteiger partial charge in [-0.2, -0.15) is 0 Å². The molecule has 0 saturated heterocycles. The van der Waals surface area contributed by atoms with E-state index in [0.29, 0.717) is 22.6 Å². The van der Waals surface area contributed by atoms with Crippen molar-refractivity contribution in [2.24, 2.45) is 0 Å². The van der Waals surface area contributed by atoms with Crippen molar-refractivity contribution >= 4 is 45.0 Å². The Kier molecular flexibility index (Phi) is 5.36. The van der Waals surface area contributed by atoms with Crippen LogP contribution in [-0.2, 0) is 11.3 Å². The zero-order valence-electron chi connectivity index (χ0n) is 16.3. The van der Waals surface area contributed by atoms with Crippen molar-refractivity contribution < 1.29 is 4.79 Å². The van der Waals surface area contributed by atoms with Gasteiger partial charge in [-0.05, 0) is 48.9 Å². The fourth-order valence-electron chi connectivity index (χ4n) is 3.24. The first-order valence-electron chi connectivity index (χ1n) is 9.52. The number of carbonyl (C=O) groups is 1. The average molecular weight is 404 g/mol. The Labute approximate surface area is 172 Å². The molecule has 146 valence electrons. The van der Waals surface area contributed by atoms with E-state index in [1.807, 2.05) is 74.5 Å². The highest BCUT2D eigenvalue weighted by molar-refractivity contribution is 8.00. The number of rotatable bonds is 5. The number of hydrogen-bond donors (Lipinski definition) is 1. The summed E-state index contributed by atoms with van der Waals surface area (Å²) >= 11 is 1.29. The monoisotopic (exact) mass is 403 g/mol. The van der Waals surface area contributed by atoms with Crippen molar-refractivity contribution in [3.05, 3.63) is 77.1 Å². The molecule has 0 spiro atoms. The quantitative estimate of drug-likeness (QED) is 0.388. The van der Waals surface area contributed by atoms with E-state index in [1.165, 1.54) is 11.8 Å². The summed E-state index contributed by atoms with van der Waals surface area (Å²) in [5.41, 5.74) is 1.31. The minimum absolute atomic E-state index is 0.0808. The molecule has 0 radical (unpaired) electrons. The van der Waals surface area contributed by atoms with Gasteiger partial charge >= 0.3 is 0 Å². The normalized spacial score (nSPS) is 12.2. The van der Waals surface area contributed by atoms with Gasteiger partial charge in [0.2, 0.25) is 5.91 Å². The largest absolute Gasteiger partial charge is 0.325 e. The van der Waals surface area contributed by atoms with Crippen LogP contribution in [0.3, 0.4) is 0 Å². The fourth-order valence-corrected chi connectivity index (χ4v) is 4.21. The van der Waals surface area contributed by atoms with Crippen LogP contribution in [0.4, 0.5) is 5.69 Å². The van der Waals surface area contributed by atoms with Crippen LogP contribution in [0, 0.1) is 0 Å². The van der Waals surface area contributed by atoms with Crippen LogP contribution < -0.4 is 10.9 Å². The number of thioether (sulfide) groups is 1. The van der Waals surface area contributed by atoms with Crippen LogP contribution in [0.25, 0.3) is 21.7 Å². The van der Waals surface area contributed by atoms with Gasteiger partial charge in [0.05, 0.1) is 16.2 Å². The number of nitrogens with one attached hydrogen (secondary N) is 1. The van der Waals surface area contributed by atoms with Crippen LogP contribution in [0.5, 0.6) is 0 Å². The SMILES string of the molecule is CCn1c(S[C@H](C)C(=O)Nc2ccc3ccccc3c2)nc2ccccc2c1=O. The second-order valence-electron chi connectivity index (χ2n) is 6.77. The van der Waals surface area contributed by atoms with Gasteiger partial charge < -0.3 is 5.32 Å². The summed E-state index contributed by atoms with van der Waals surface area (Å²) in [6, 6.07) is 21.1. The molecule has 6 heteroatoms. The smallest absolute Gasteiger partial charge is 0.262 e. The van der Waals surface area contributed by atoms with Gasteiger partial charge in [-0.15, -0.1) is 0 Å². The summed E-state index contributed by atoms with van der Waals surface area (Å²) < 4.78 is 1.62. The molecule has 4 aromatic rings. The summed E-state index contributed by atoms with van der Waals surface area (Å²) in [6.45, 7) is 4.22. The van der Waals surface area contributed by atoms with Crippen molar-refractivity contribution in [3.8, 4) is 0 Å². The van der Waals surface area contributed by atoms with Gasteiger partial charge in [0.15, 0.2) is 5.16 Å². The summed E-state index contributed by atoms with van der Waals surface area (Å²) in [5, 5.41) is 5.90. The molecule has 1 atom stereocenters. The van der Waals surface area contributed by atoms with Crippen LogP contribution in [-0.4, -0.2) is 20.7 Å². The van der Waals surface area contributed by atoms with E-state index in [0.717, 1.165) is 16.5 Å². The first-order valence-corrected chi connectivity index (χ1v) is 10.4. The third kappa shape index (κ3) is 3.89. The summed E-state index contributed by atoms with van der Waals surface area (Å²) in [7, 11) is 0. The number of anilines is 1. The maximum absolute atomic E-state index is 12.8. The lowest BCUT2D eigenvalue weighted by atomic mass is 10.1. The molecular formula is C23H21N3O2S. The molecule has 0 saturated carbocycles. The topological polar surface area (TPSA) is 64.0 Å². The minimum atomic E-state index is -0.410. The van der Waals surface area contributed by atoms with Crippen LogP contribution in [0.15, 0.2) is 76.7 Å². The van der Waals surface area contributed by atoms with Crippen molar-refractivity contribution in [1.82, 2.24) is 9.55 Å². The summed E-state index contributed by atoms with van der Waals surface area (Å²) in [4.78, 5) is 30.1. The molecule has 1 amide bonds. The first-order chi connectivity index (χ1) is 14.1. The van der Waals surface area contributed by atoms with E-state index in [-0.39, 0.29) is 11.5 Å². The number of hydrogen-bond acceptors (Lipinski definition) is 4. The highest BCUT2D eigenvalue weighted by Gasteiger charge is 2.19. The molecule has 0 bridgehead atoms. The van der Waals surface area contributed by atoms with Crippen molar-refractivity contribution in [1.29, 1.82) is 0 Å². The summed E-state index contributed by atoms with van der Waals surface area (Å²) in [6.07, 6.45) is 0.